The SMILES string of the molecule is O=[N+]([O-])c1ccc(/C=C/CNCCNOc2cc(-c3ccccc3)cc3cnccc23)cc1. The van der Waals surface area contributed by atoms with Crippen LogP contribution in [0.5, 0.6) is 5.75 Å². The molecule has 0 aliphatic carbocycles. The van der Waals surface area contributed by atoms with Crippen LogP contribution in [-0.4, -0.2) is 29.5 Å². The monoisotopic (exact) mass is 440 g/mol. The van der Waals surface area contributed by atoms with E-state index in [2.05, 4.69) is 34.0 Å². The summed E-state index contributed by atoms with van der Waals surface area (Å²) in [4.78, 5) is 20.4. The van der Waals surface area contributed by atoms with Crippen LogP contribution < -0.4 is 15.6 Å². The van der Waals surface area contributed by atoms with Crippen LogP contribution >= 0.6 is 0 Å². The van der Waals surface area contributed by atoms with Crippen LogP contribution in [0.15, 0.2) is 91.3 Å². The molecule has 0 unspecified atom stereocenters. The lowest BCUT2D eigenvalue weighted by atomic mass is 10.0. The third kappa shape index (κ3) is 6.00. The number of nitrogens with one attached hydrogen (secondary N) is 2. The molecule has 33 heavy (non-hydrogen) atoms. The standard InChI is InChI=1S/C26H24N4O3/c31-30(32)24-10-8-20(9-11-24)5-4-13-27-15-16-29-33-26-18-22(21-6-2-1-3-7-21)17-23-19-28-14-12-25(23)26/h1-12,14,17-19,27,29H,13,15-16H2/b5-4+. The van der Waals surface area contributed by atoms with Gasteiger partial charge in [-0.15, -0.1) is 0 Å². The molecule has 0 amide bonds. The predicted octanol–water partition coefficient (Wildman–Crippen LogP) is 5.00. The highest BCUT2D eigenvalue weighted by Crippen LogP contribution is 2.31. The largest absolute Gasteiger partial charge is 0.408 e. The Balaban J connectivity index is 1.27. The minimum absolute atomic E-state index is 0.0923. The summed E-state index contributed by atoms with van der Waals surface area (Å²) in [6, 6.07) is 22.7. The molecule has 0 fully saturated rings. The lowest BCUT2D eigenvalue weighted by Gasteiger charge is -2.12. The number of hydrogen-bond donors (Lipinski definition) is 2. The first-order valence-corrected chi connectivity index (χ1v) is 10.7. The van der Waals surface area contributed by atoms with Gasteiger partial charge in [-0.25, -0.2) is 0 Å². The zero-order valence-corrected chi connectivity index (χ0v) is 18.0. The molecule has 2 N–H and O–H groups in total. The van der Waals surface area contributed by atoms with Crippen molar-refractivity contribution in [3.05, 3.63) is 107 Å². The zero-order valence-electron chi connectivity index (χ0n) is 18.0. The number of hydrogen-bond acceptors (Lipinski definition) is 6. The van der Waals surface area contributed by atoms with Gasteiger partial charge in [0.05, 0.1) is 4.92 Å². The maximum Gasteiger partial charge on any atom is 0.269 e. The Labute approximate surface area is 191 Å². The zero-order chi connectivity index (χ0) is 22.9. The summed E-state index contributed by atoms with van der Waals surface area (Å²) >= 11 is 0. The minimum Gasteiger partial charge on any atom is -0.408 e. The number of nitrogens with zero attached hydrogens (tertiary/aromatic N) is 2. The van der Waals surface area contributed by atoms with Gasteiger partial charge in [-0.05, 0) is 47.0 Å². The van der Waals surface area contributed by atoms with E-state index in [9.17, 15) is 10.1 Å². The number of hydroxylamine groups is 1. The molecule has 0 atom stereocenters. The first-order chi connectivity index (χ1) is 16.2. The Morgan fingerprint density at radius 1 is 0.970 bits per heavy atom. The smallest absolute Gasteiger partial charge is 0.269 e. The Morgan fingerprint density at radius 2 is 1.79 bits per heavy atom. The van der Waals surface area contributed by atoms with Crippen molar-refractivity contribution in [1.82, 2.24) is 15.8 Å². The van der Waals surface area contributed by atoms with E-state index >= 15 is 0 Å². The molecule has 1 aromatic heterocycles. The highest BCUT2D eigenvalue weighted by atomic mass is 16.6. The average molecular weight is 441 g/mol. The molecule has 7 nitrogen and oxygen atoms in total. The van der Waals surface area contributed by atoms with Gasteiger partial charge < -0.3 is 10.2 Å². The van der Waals surface area contributed by atoms with Gasteiger partial charge >= 0.3 is 0 Å². The molecule has 1 heterocycles. The van der Waals surface area contributed by atoms with Crippen molar-refractivity contribution in [2.75, 3.05) is 19.6 Å². The second-order valence-electron chi connectivity index (χ2n) is 7.39. The summed E-state index contributed by atoms with van der Waals surface area (Å²) < 4.78 is 0. The summed E-state index contributed by atoms with van der Waals surface area (Å²) in [7, 11) is 0. The Kier molecular flexibility index (Phi) is 7.37. The second-order valence-corrected chi connectivity index (χ2v) is 7.39. The van der Waals surface area contributed by atoms with Gasteiger partial charge in [0.15, 0.2) is 5.75 Å². The fraction of sp³-hybridized carbons (Fsp3) is 0.115. The van der Waals surface area contributed by atoms with E-state index in [-0.39, 0.29) is 5.69 Å². The van der Waals surface area contributed by atoms with Crippen molar-refractivity contribution in [3.8, 4) is 16.9 Å². The summed E-state index contributed by atoms with van der Waals surface area (Å²) in [6.45, 7) is 2.01. The van der Waals surface area contributed by atoms with Gasteiger partial charge in [-0.1, -0.05) is 42.5 Å². The molecule has 0 saturated heterocycles. The van der Waals surface area contributed by atoms with Crippen molar-refractivity contribution in [2.45, 2.75) is 0 Å². The fourth-order valence-corrected chi connectivity index (χ4v) is 3.41. The number of pyridine rings is 1. The molecule has 0 spiro atoms. The average Bonchev–Trinajstić information content (AvgIpc) is 2.86. The Morgan fingerprint density at radius 3 is 2.58 bits per heavy atom. The van der Waals surface area contributed by atoms with Gasteiger partial charge in [0.2, 0.25) is 0 Å². The Hall–Kier alpha value is -4.07. The topological polar surface area (TPSA) is 89.3 Å². The van der Waals surface area contributed by atoms with Crippen molar-refractivity contribution < 1.29 is 9.76 Å². The van der Waals surface area contributed by atoms with Crippen molar-refractivity contribution in [3.63, 3.8) is 0 Å². The molecule has 0 saturated carbocycles. The lowest BCUT2D eigenvalue weighted by molar-refractivity contribution is -0.384. The van der Waals surface area contributed by atoms with E-state index in [1.807, 2.05) is 48.7 Å². The molecule has 0 aliphatic heterocycles. The van der Waals surface area contributed by atoms with Gasteiger partial charge in [0, 0.05) is 54.9 Å². The van der Waals surface area contributed by atoms with Crippen molar-refractivity contribution in [1.29, 1.82) is 0 Å². The fourth-order valence-electron chi connectivity index (χ4n) is 3.41. The van der Waals surface area contributed by atoms with Crippen LogP contribution in [0.2, 0.25) is 0 Å². The van der Waals surface area contributed by atoms with Crippen molar-refractivity contribution in [2.24, 2.45) is 0 Å². The molecular formula is C26H24N4O3. The van der Waals surface area contributed by atoms with Gasteiger partial charge in [0.1, 0.15) is 0 Å². The van der Waals surface area contributed by atoms with Crippen molar-refractivity contribution >= 4 is 22.5 Å². The van der Waals surface area contributed by atoms with Crippen LogP contribution in [0, 0.1) is 10.1 Å². The summed E-state index contributed by atoms with van der Waals surface area (Å²) in [6.07, 6.45) is 7.51. The molecule has 166 valence electrons. The lowest BCUT2D eigenvalue weighted by Crippen LogP contribution is -2.29. The molecule has 3 aromatic carbocycles. The highest BCUT2D eigenvalue weighted by Gasteiger charge is 2.07. The van der Waals surface area contributed by atoms with E-state index in [1.54, 1.807) is 18.3 Å². The van der Waals surface area contributed by atoms with Crippen LogP contribution in [0.1, 0.15) is 5.56 Å². The first kappa shape index (κ1) is 22.1. The molecule has 7 heteroatoms. The first-order valence-electron chi connectivity index (χ1n) is 10.7. The van der Waals surface area contributed by atoms with Crippen LogP contribution in [0.3, 0.4) is 0 Å². The van der Waals surface area contributed by atoms with E-state index in [4.69, 9.17) is 4.84 Å². The molecule has 0 bridgehead atoms. The third-order valence-corrected chi connectivity index (χ3v) is 5.08. The maximum atomic E-state index is 10.7. The molecule has 4 rings (SSSR count). The quantitative estimate of drug-likeness (QED) is 0.205. The highest BCUT2D eigenvalue weighted by molar-refractivity contribution is 5.92. The van der Waals surface area contributed by atoms with Gasteiger partial charge in [0.25, 0.3) is 5.69 Å². The number of benzene rings is 3. The predicted molar refractivity (Wildman–Crippen MR) is 131 cm³/mol. The maximum absolute atomic E-state index is 10.7. The number of nitro groups is 1. The molecule has 4 aromatic rings. The molecule has 0 radical (unpaired) electrons. The van der Waals surface area contributed by atoms with Crippen LogP contribution in [0.25, 0.3) is 28.0 Å². The van der Waals surface area contributed by atoms with Gasteiger partial charge in [-0.3, -0.25) is 15.1 Å². The number of nitro benzene ring substituents is 1. The van der Waals surface area contributed by atoms with E-state index in [1.165, 1.54) is 12.1 Å². The van der Waals surface area contributed by atoms with E-state index in [0.717, 1.165) is 33.2 Å². The number of fused-ring (bicyclic) bond motifs is 1. The summed E-state index contributed by atoms with van der Waals surface area (Å²) in [5, 5.41) is 16.0. The Bertz CT molecular complexity index is 1240. The summed E-state index contributed by atoms with van der Waals surface area (Å²) in [5.74, 6) is 0.756. The number of aromatic nitrogens is 1. The van der Waals surface area contributed by atoms with Crippen LogP contribution in [0.4, 0.5) is 5.69 Å². The van der Waals surface area contributed by atoms with Gasteiger partial charge in [-0.2, -0.15) is 5.48 Å². The van der Waals surface area contributed by atoms with Crippen LogP contribution in [-0.2, 0) is 0 Å². The summed E-state index contributed by atoms with van der Waals surface area (Å²) in [5.41, 5.74) is 6.23. The number of non-ortho nitro benzene ring substituents is 1. The minimum atomic E-state index is -0.401. The number of rotatable bonds is 10. The van der Waals surface area contributed by atoms with E-state index in [0.29, 0.717) is 19.6 Å². The molecular weight excluding hydrogens is 416 g/mol. The molecule has 0 aliphatic rings. The third-order valence-electron chi connectivity index (χ3n) is 5.08. The van der Waals surface area contributed by atoms with E-state index < -0.39 is 4.92 Å². The normalized spacial score (nSPS) is 11.2. The second kappa shape index (κ2) is 11.0.